The Labute approximate surface area is 129 Å². The minimum absolute atomic E-state index is 0.400. The maximum atomic E-state index is 5.94. The van der Waals surface area contributed by atoms with E-state index in [9.17, 15) is 0 Å². The minimum Gasteiger partial charge on any atom is -0.457 e. The molecule has 2 nitrogen and oxygen atoms in total. The van der Waals surface area contributed by atoms with Crippen molar-refractivity contribution in [2.45, 2.75) is 26.3 Å². The van der Waals surface area contributed by atoms with Gasteiger partial charge in [0, 0.05) is 10.5 Å². The van der Waals surface area contributed by atoms with Gasteiger partial charge in [-0.15, -0.1) is 0 Å². The molecule has 106 valence electrons. The lowest BCUT2D eigenvalue weighted by Crippen LogP contribution is -2.14. The molecule has 0 radical (unpaired) electrons. The van der Waals surface area contributed by atoms with Gasteiger partial charge in [0.15, 0.2) is 0 Å². The number of hydrogen-bond donors (Lipinski definition) is 1. The Morgan fingerprint density at radius 1 is 1.15 bits per heavy atom. The Balaban J connectivity index is 2.16. The van der Waals surface area contributed by atoms with Crippen molar-refractivity contribution < 1.29 is 4.74 Å². The topological polar surface area (TPSA) is 21.3 Å². The number of benzene rings is 2. The van der Waals surface area contributed by atoms with Gasteiger partial charge < -0.3 is 10.1 Å². The van der Waals surface area contributed by atoms with Crippen LogP contribution >= 0.6 is 15.9 Å². The fourth-order valence-corrected chi connectivity index (χ4v) is 2.53. The van der Waals surface area contributed by atoms with Crippen molar-refractivity contribution >= 4 is 15.9 Å². The van der Waals surface area contributed by atoms with E-state index >= 15 is 0 Å². The second-order valence-corrected chi connectivity index (χ2v) is 5.75. The number of hydrogen-bond acceptors (Lipinski definition) is 2. The van der Waals surface area contributed by atoms with Crippen molar-refractivity contribution in [3.8, 4) is 11.5 Å². The third-order valence-corrected chi connectivity index (χ3v) is 3.91. The number of aryl methyl sites for hydroxylation is 1. The lowest BCUT2D eigenvalue weighted by Gasteiger charge is -2.15. The largest absolute Gasteiger partial charge is 0.457 e. The molecule has 0 amide bonds. The van der Waals surface area contributed by atoms with E-state index < -0.39 is 0 Å². The molecular formula is C17H20BrNO. The lowest BCUT2D eigenvalue weighted by atomic mass is 10.0. The van der Waals surface area contributed by atoms with Gasteiger partial charge in [0.1, 0.15) is 11.5 Å². The van der Waals surface area contributed by atoms with E-state index in [1.165, 1.54) is 5.56 Å². The second kappa shape index (κ2) is 6.91. The molecule has 3 heteroatoms. The van der Waals surface area contributed by atoms with Crippen LogP contribution in [-0.4, -0.2) is 7.05 Å². The molecule has 1 N–H and O–H groups in total. The first-order valence-corrected chi connectivity index (χ1v) is 7.64. The van der Waals surface area contributed by atoms with Gasteiger partial charge >= 0.3 is 0 Å². The zero-order valence-corrected chi connectivity index (χ0v) is 13.7. The summed E-state index contributed by atoms with van der Waals surface area (Å²) in [6.45, 7) is 4.22. The van der Waals surface area contributed by atoms with E-state index in [-0.39, 0.29) is 0 Å². The van der Waals surface area contributed by atoms with Crippen LogP contribution in [0, 0.1) is 6.92 Å². The van der Waals surface area contributed by atoms with Crippen molar-refractivity contribution in [3.05, 3.63) is 58.1 Å². The average molecular weight is 334 g/mol. The summed E-state index contributed by atoms with van der Waals surface area (Å²) in [5.74, 6) is 1.74. The van der Waals surface area contributed by atoms with Crippen LogP contribution in [0.15, 0.2) is 46.9 Å². The van der Waals surface area contributed by atoms with Crippen LogP contribution in [0.2, 0.25) is 0 Å². The summed E-state index contributed by atoms with van der Waals surface area (Å²) in [5, 5.41) is 3.31. The van der Waals surface area contributed by atoms with Crippen LogP contribution in [0.3, 0.4) is 0 Å². The summed E-state index contributed by atoms with van der Waals surface area (Å²) in [6, 6.07) is 14.7. The van der Waals surface area contributed by atoms with Crippen LogP contribution in [0.5, 0.6) is 11.5 Å². The Kier molecular flexibility index (Phi) is 5.21. The van der Waals surface area contributed by atoms with E-state index in [1.54, 1.807) is 0 Å². The lowest BCUT2D eigenvalue weighted by molar-refractivity contribution is 0.477. The predicted molar refractivity (Wildman–Crippen MR) is 87.5 cm³/mol. The quantitative estimate of drug-likeness (QED) is 0.809. The Morgan fingerprint density at radius 3 is 2.45 bits per heavy atom. The number of ether oxygens (including phenoxy) is 1. The standard InChI is InChI=1S/C17H20BrNO/c1-4-16(19-3)13-6-9-15(10-7-13)20-17-11-14(18)8-5-12(17)2/h5-11,16,19H,4H2,1-3H3. The highest BCUT2D eigenvalue weighted by molar-refractivity contribution is 9.10. The summed E-state index contributed by atoms with van der Waals surface area (Å²) < 4.78 is 6.97. The molecule has 0 aliphatic carbocycles. The van der Waals surface area contributed by atoms with Crippen molar-refractivity contribution in [2.75, 3.05) is 7.05 Å². The summed E-state index contributed by atoms with van der Waals surface area (Å²) in [6.07, 6.45) is 1.07. The molecule has 0 bridgehead atoms. The monoisotopic (exact) mass is 333 g/mol. The molecule has 2 aromatic carbocycles. The third-order valence-electron chi connectivity index (χ3n) is 3.42. The zero-order valence-electron chi connectivity index (χ0n) is 12.1. The van der Waals surface area contributed by atoms with Gasteiger partial charge in [-0.3, -0.25) is 0 Å². The average Bonchev–Trinajstić information content (AvgIpc) is 2.46. The summed E-state index contributed by atoms with van der Waals surface area (Å²) in [7, 11) is 1.99. The molecule has 0 aromatic heterocycles. The normalized spacial score (nSPS) is 12.2. The Morgan fingerprint density at radius 2 is 1.85 bits per heavy atom. The van der Waals surface area contributed by atoms with Crippen molar-refractivity contribution in [3.63, 3.8) is 0 Å². The molecule has 0 fully saturated rings. The SMILES string of the molecule is CCC(NC)c1ccc(Oc2cc(Br)ccc2C)cc1. The molecule has 2 rings (SSSR count). The molecule has 0 saturated heterocycles. The molecule has 0 aliphatic rings. The molecule has 0 spiro atoms. The maximum Gasteiger partial charge on any atom is 0.131 e. The van der Waals surface area contributed by atoms with Crippen molar-refractivity contribution in [1.29, 1.82) is 0 Å². The van der Waals surface area contributed by atoms with Crippen LogP contribution < -0.4 is 10.1 Å². The van der Waals surface area contributed by atoms with E-state index in [0.29, 0.717) is 6.04 Å². The summed E-state index contributed by atoms with van der Waals surface area (Å²) in [4.78, 5) is 0. The van der Waals surface area contributed by atoms with Crippen LogP contribution in [0.1, 0.15) is 30.5 Å². The highest BCUT2D eigenvalue weighted by atomic mass is 79.9. The molecule has 0 heterocycles. The van der Waals surface area contributed by atoms with Gasteiger partial charge in [-0.05, 0) is 55.8 Å². The predicted octanol–water partition coefficient (Wildman–Crippen LogP) is 5.22. The smallest absolute Gasteiger partial charge is 0.131 e. The van der Waals surface area contributed by atoms with E-state index in [4.69, 9.17) is 4.74 Å². The fraction of sp³-hybridized carbons (Fsp3) is 0.294. The fourth-order valence-electron chi connectivity index (χ4n) is 2.19. The molecule has 0 aliphatic heterocycles. The van der Waals surface area contributed by atoms with Gasteiger partial charge in [-0.1, -0.05) is 41.1 Å². The Bertz CT molecular complexity index is 562. The van der Waals surface area contributed by atoms with Crippen LogP contribution in [-0.2, 0) is 0 Å². The first kappa shape index (κ1) is 15.1. The van der Waals surface area contributed by atoms with Gasteiger partial charge in [-0.2, -0.15) is 0 Å². The highest BCUT2D eigenvalue weighted by Crippen LogP contribution is 2.29. The first-order chi connectivity index (χ1) is 9.63. The van der Waals surface area contributed by atoms with Gasteiger partial charge in [0.05, 0.1) is 0 Å². The number of halogens is 1. The summed E-state index contributed by atoms with van der Waals surface area (Å²) in [5.41, 5.74) is 2.41. The van der Waals surface area contributed by atoms with Gasteiger partial charge in [0.25, 0.3) is 0 Å². The van der Waals surface area contributed by atoms with Gasteiger partial charge in [0.2, 0.25) is 0 Å². The van der Waals surface area contributed by atoms with Crippen molar-refractivity contribution in [2.24, 2.45) is 0 Å². The number of nitrogens with one attached hydrogen (secondary N) is 1. The Hall–Kier alpha value is -1.32. The molecule has 0 saturated carbocycles. The zero-order chi connectivity index (χ0) is 14.5. The van der Waals surface area contributed by atoms with E-state index in [1.807, 2.05) is 44.3 Å². The molecule has 2 aromatic rings. The minimum atomic E-state index is 0.400. The maximum absolute atomic E-state index is 5.94. The first-order valence-electron chi connectivity index (χ1n) is 6.85. The number of rotatable bonds is 5. The van der Waals surface area contributed by atoms with Crippen molar-refractivity contribution in [1.82, 2.24) is 5.32 Å². The summed E-state index contributed by atoms with van der Waals surface area (Å²) >= 11 is 3.47. The van der Waals surface area contributed by atoms with Gasteiger partial charge in [-0.25, -0.2) is 0 Å². The van der Waals surface area contributed by atoms with Crippen LogP contribution in [0.25, 0.3) is 0 Å². The van der Waals surface area contributed by atoms with E-state index in [2.05, 4.69) is 40.3 Å². The van der Waals surface area contributed by atoms with Crippen LogP contribution in [0.4, 0.5) is 0 Å². The molecule has 1 atom stereocenters. The molecule has 1 unspecified atom stereocenters. The molecule has 20 heavy (non-hydrogen) atoms. The highest BCUT2D eigenvalue weighted by Gasteiger charge is 2.07. The second-order valence-electron chi connectivity index (χ2n) is 4.83. The van der Waals surface area contributed by atoms with E-state index in [0.717, 1.165) is 28.0 Å². The molecular weight excluding hydrogens is 314 g/mol. The third kappa shape index (κ3) is 3.62.